The van der Waals surface area contributed by atoms with E-state index in [4.69, 9.17) is 0 Å². The first kappa shape index (κ1) is 11.4. The van der Waals surface area contributed by atoms with Crippen molar-refractivity contribution in [3.63, 3.8) is 0 Å². The Labute approximate surface area is 92.1 Å². The summed E-state index contributed by atoms with van der Waals surface area (Å²) in [5, 5.41) is 3.36. The number of hydrogen-bond acceptors (Lipinski definition) is 3. The average Bonchev–Trinajstić information content (AvgIpc) is 2.19. The molecule has 2 unspecified atom stereocenters. The van der Waals surface area contributed by atoms with Crippen LogP contribution in [0.5, 0.6) is 0 Å². The zero-order chi connectivity index (χ0) is 10.9. The molecule has 0 radical (unpaired) electrons. The van der Waals surface area contributed by atoms with Crippen LogP contribution in [0, 0.1) is 0 Å². The van der Waals surface area contributed by atoms with E-state index in [1.54, 1.807) is 4.31 Å². The number of hydrogen-bond donors (Lipinski definition) is 1. The van der Waals surface area contributed by atoms with E-state index in [0.29, 0.717) is 11.8 Å². The highest BCUT2D eigenvalue weighted by Gasteiger charge is 2.33. The van der Waals surface area contributed by atoms with E-state index in [9.17, 15) is 8.42 Å². The van der Waals surface area contributed by atoms with E-state index in [0.717, 1.165) is 38.8 Å². The van der Waals surface area contributed by atoms with Gasteiger partial charge in [-0.25, -0.2) is 8.42 Å². The fraction of sp³-hybridized carbons (Fsp3) is 1.00. The minimum atomic E-state index is -2.95. The molecular formula is C10H20N2O2S. The predicted octanol–water partition coefficient (Wildman–Crippen LogP) is 0.552. The zero-order valence-electron chi connectivity index (χ0n) is 9.28. The zero-order valence-corrected chi connectivity index (χ0v) is 10.1. The van der Waals surface area contributed by atoms with Gasteiger partial charge in [-0.2, -0.15) is 4.31 Å². The second kappa shape index (κ2) is 4.39. The molecule has 0 spiro atoms. The number of nitrogens with one attached hydrogen (secondary N) is 1. The Morgan fingerprint density at radius 2 is 2.07 bits per heavy atom. The minimum absolute atomic E-state index is 0.200. The van der Waals surface area contributed by atoms with E-state index in [2.05, 4.69) is 12.2 Å². The van der Waals surface area contributed by atoms with Crippen molar-refractivity contribution in [1.82, 2.24) is 9.62 Å². The van der Waals surface area contributed by atoms with Gasteiger partial charge in [0.2, 0.25) is 10.0 Å². The largest absolute Gasteiger partial charge is 0.313 e. The van der Waals surface area contributed by atoms with Crippen LogP contribution in [0.3, 0.4) is 0 Å². The first-order valence-corrected chi connectivity index (χ1v) is 7.43. The lowest BCUT2D eigenvalue weighted by Crippen LogP contribution is -2.53. The van der Waals surface area contributed by atoms with Gasteiger partial charge in [0.15, 0.2) is 0 Å². The van der Waals surface area contributed by atoms with Gasteiger partial charge in [0.25, 0.3) is 0 Å². The first-order valence-electron chi connectivity index (χ1n) is 5.82. The molecule has 2 heterocycles. The van der Waals surface area contributed by atoms with Crippen LogP contribution < -0.4 is 5.32 Å². The molecule has 0 aromatic rings. The van der Waals surface area contributed by atoms with Gasteiger partial charge >= 0.3 is 0 Å². The molecule has 2 atom stereocenters. The highest BCUT2D eigenvalue weighted by Crippen LogP contribution is 2.22. The van der Waals surface area contributed by atoms with E-state index in [1.807, 2.05) is 0 Å². The molecule has 0 aromatic heterocycles. The van der Waals surface area contributed by atoms with E-state index >= 15 is 0 Å². The number of rotatable bonds is 1. The highest BCUT2D eigenvalue weighted by molar-refractivity contribution is 7.89. The molecule has 2 aliphatic heterocycles. The summed E-state index contributed by atoms with van der Waals surface area (Å²) < 4.78 is 25.5. The van der Waals surface area contributed by atoms with Crippen LogP contribution >= 0.6 is 0 Å². The quantitative estimate of drug-likeness (QED) is 0.718. The molecular weight excluding hydrogens is 212 g/mol. The SMILES string of the molecule is CC1CCC(N2CCCCS2(=O)=O)CN1. The molecule has 1 N–H and O–H groups in total. The van der Waals surface area contributed by atoms with Crippen molar-refractivity contribution in [3.8, 4) is 0 Å². The summed E-state index contributed by atoms with van der Waals surface area (Å²) in [6.45, 7) is 3.70. The third-order valence-corrected chi connectivity index (χ3v) is 5.43. The van der Waals surface area contributed by atoms with E-state index in [-0.39, 0.29) is 6.04 Å². The highest BCUT2D eigenvalue weighted by atomic mass is 32.2. The van der Waals surface area contributed by atoms with Crippen molar-refractivity contribution in [3.05, 3.63) is 0 Å². The molecule has 0 saturated carbocycles. The van der Waals surface area contributed by atoms with Crippen LogP contribution in [0.4, 0.5) is 0 Å². The Balaban J connectivity index is 2.03. The molecule has 88 valence electrons. The third kappa shape index (κ3) is 2.52. The van der Waals surface area contributed by atoms with Crippen molar-refractivity contribution in [2.75, 3.05) is 18.8 Å². The molecule has 0 amide bonds. The third-order valence-electron chi connectivity index (χ3n) is 3.43. The lowest BCUT2D eigenvalue weighted by Gasteiger charge is -2.37. The maximum atomic E-state index is 11.9. The van der Waals surface area contributed by atoms with Gasteiger partial charge in [0.1, 0.15) is 0 Å². The first-order chi connectivity index (χ1) is 7.09. The van der Waals surface area contributed by atoms with Crippen LogP contribution in [0.2, 0.25) is 0 Å². The van der Waals surface area contributed by atoms with Crippen LogP contribution in [-0.2, 0) is 10.0 Å². The molecule has 5 heteroatoms. The molecule has 2 aliphatic rings. The molecule has 15 heavy (non-hydrogen) atoms. The maximum absolute atomic E-state index is 11.9. The topological polar surface area (TPSA) is 49.4 Å². The fourth-order valence-electron chi connectivity index (χ4n) is 2.45. The maximum Gasteiger partial charge on any atom is 0.214 e. The summed E-state index contributed by atoms with van der Waals surface area (Å²) in [6.07, 6.45) is 3.94. The van der Waals surface area contributed by atoms with Gasteiger partial charge in [-0.15, -0.1) is 0 Å². The van der Waals surface area contributed by atoms with Gasteiger partial charge in [-0.1, -0.05) is 0 Å². The number of sulfonamides is 1. The summed E-state index contributed by atoms with van der Waals surface area (Å²) in [7, 11) is -2.95. The molecule has 0 aliphatic carbocycles. The molecule has 2 saturated heterocycles. The summed E-state index contributed by atoms with van der Waals surface area (Å²) in [5.41, 5.74) is 0. The van der Waals surface area contributed by atoms with Crippen LogP contribution in [0.1, 0.15) is 32.6 Å². The normalized spacial score (nSPS) is 37.7. The standard InChI is InChI=1S/C10H20N2O2S/c1-9-4-5-10(8-11-9)12-6-2-3-7-15(12,13)14/h9-11H,2-8H2,1H3. The van der Waals surface area contributed by atoms with Gasteiger partial charge in [0, 0.05) is 25.2 Å². The van der Waals surface area contributed by atoms with Crippen molar-refractivity contribution >= 4 is 10.0 Å². The second-order valence-electron chi connectivity index (χ2n) is 4.67. The summed E-state index contributed by atoms with van der Waals surface area (Å²) in [4.78, 5) is 0. The average molecular weight is 232 g/mol. The lowest BCUT2D eigenvalue weighted by molar-refractivity contribution is 0.234. The summed E-state index contributed by atoms with van der Waals surface area (Å²) >= 11 is 0. The van der Waals surface area contributed by atoms with Gasteiger partial charge in [-0.05, 0) is 32.6 Å². The van der Waals surface area contributed by atoms with Crippen molar-refractivity contribution in [2.45, 2.75) is 44.7 Å². The van der Waals surface area contributed by atoms with Gasteiger partial charge in [0.05, 0.1) is 5.75 Å². The van der Waals surface area contributed by atoms with Crippen molar-refractivity contribution in [1.29, 1.82) is 0 Å². The van der Waals surface area contributed by atoms with Crippen molar-refractivity contribution in [2.24, 2.45) is 0 Å². The Kier molecular flexibility index (Phi) is 3.33. The smallest absolute Gasteiger partial charge is 0.214 e. The van der Waals surface area contributed by atoms with Crippen LogP contribution in [0.25, 0.3) is 0 Å². The Morgan fingerprint density at radius 1 is 1.27 bits per heavy atom. The Morgan fingerprint density at radius 3 is 2.67 bits per heavy atom. The van der Waals surface area contributed by atoms with Crippen molar-refractivity contribution < 1.29 is 8.42 Å². The molecule has 0 bridgehead atoms. The number of piperidine rings is 1. The van der Waals surface area contributed by atoms with E-state index < -0.39 is 10.0 Å². The van der Waals surface area contributed by atoms with E-state index in [1.165, 1.54) is 0 Å². The van der Waals surface area contributed by atoms with Gasteiger partial charge in [-0.3, -0.25) is 0 Å². The summed E-state index contributed by atoms with van der Waals surface area (Å²) in [6, 6.07) is 0.736. The van der Waals surface area contributed by atoms with Crippen LogP contribution in [0.15, 0.2) is 0 Å². The fourth-order valence-corrected chi connectivity index (χ4v) is 4.29. The van der Waals surface area contributed by atoms with Gasteiger partial charge < -0.3 is 5.32 Å². The molecule has 4 nitrogen and oxygen atoms in total. The predicted molar refractivity (Wildman–Crippen MR) is 60.2 cm³/mol. The molecule has 2 fully saturated rings. The number of nitrogens with zero attached hydrogens (tertiary/aromatic N) is 1. The Bertz CT molecular complexity index is 307. The molecule has 2 rings (SSSR count). The van der Waals surface area contributed by atoms with Crippen LogP contribution in [-0.4, -0.2) is 43.6 Å². The summed E-state index contributed by atoms with van der Waals surface area (Å²) in [5.74, 6) is 0.346. The minimum Gasteiger partial charge on any atom is -0.313 e. The lowest BCUT2D eigenvalue weighted by atomic mass is 10.0. The monoisotopic (exact) mass is 232 g/mol. The molecule has 0 aromatic carbocycles. The Hall–Kier alpha value is -0.130. The second-order valence-corrected chi connectivity index (χ2v) is 6.72.